The summed E-state index contributed by atoms with van der Waals surface area (Å²) >= 11 is 0. The molecule has 3 rings (SSSR count). The van der Waals surface area contributed by atoms with Crippen LogP contribution in [0.1, 0.15) is 23.2 Å². The lowest BCUT2D eigenvalue weighted by Gasteiger charge is -2.31. The average molecular weight is 414 g/mol. The van der Waals surface area contributed by atoms with E-state index in [-0.39, 0.29) is 23.4 Å². The summed E-state index contributed by atoms with van der Waals surface area (Å²) in [6, 6.07) is 11.8. The van der Waals surface area contributed by atoms with Gasteiger partial charge in [-0.2, -0.15) is 0 Å². The zero-order valence-corrected chi connectivity index (χ0v) is 16.3. The van der Waals surface area contributed by atoms with Crippen LogP contribution in [0, 0.1) is 21.8 Å². The molecule has 0 aromatic heterocycles. The molecule has 1 aliphatic rings. The molecule has 30 heavy (non-hydrogen) atoms. The number of anilines is 1. The van der Waals surface area contributed by atoms with Gasteiger partial charge in [-0.15, -0.1) is 0 Å². The molecule has 1 saturated heterocycles. The number of carbonyl (C=O) groups excluding carboxylic acids is 2. The smallest absolute Gasteiger partial charge is 0.292 e. The van der Waals surface area contributed by atoms with Crippen LogP contribution >= 0.6 is 0 Å². The van der Waals surface area contributed by atoms with Crippen molar-refractivity contribution in [3.05, 3.63) is 70.0 Å². The van der Waals surface area contributed by atoms with Crippen molar-refractivity contribution in [2.45, 2.75) is 12.8 Å². The van der Waals surface area contributed by atoms with Crippen LogP contribution in [0.2, 0.25) is 0 Å². The Morgan fingerprint density at radius 3 is 2.40 bits per heavy atom. The standard InChI is InChI=1S/C21H23FN4O4/c22-17-7-5-16(6-8-17)21(28)25-13-9-15(10-14-25)20(27)24-12-11-23-18-3-1-2-4-19(18)26(29)30/h1-8,15,23H,9-14H2,(H,24,27). The Hall–Kier alpha value is -3.49. The Balaban J connectivity index is 1.41. The zero-order valence-electron chi connectivity index (χ0n) is 16.3. The maximum absolute atomic E-state index is 13.0. The largest absolute Gasteiger partial charge is 0.378 e. The van der Waals surface area contributed by atoms with Gasteiger partial charge in [0.25, 0.3) is 11.6 Å². The SMILES string of the molecule is O=C(NCCNc1ccccc1[N+](=O)[O-])C1CCN(C(=O)c2ccc(F)cc2)CC1. The maximum Gasteiger partial charge on any atom is 0.292 e. The van der Waals surface area contributed by atoms with E-state index in [0.717, 1.165) is 0 Å². The molecule has 0 saturated carbocycles. The number of hydrogen-bond acceptors (Lipinski definition) is 5. The molecule has 1 aliphatic heterocycles. The van der Waals surface area contributed by atoms with E-state index < -0.39 is 10.7 Å². The number of piperidine rings is 1. The number of para-hydroxylation sites is 2. The molecule has 2 amide bonds. The predicted octanol–water partition coefficient (Wildman–Crippen LogP) is 2.81. The van der Waals surface area contributed by atoms with Gasteiger partial charge < -0.3 is 15.5 Å². The van der Waals surface area contributed by atoms with Crippen molar-refractivity contribution >= 4 is 23.2 Å². The van der Waals surface area contributed by atoms with Gasteiger partial charge in [0.1, 0.15) is 11.5 Å². The first-order valence-corrected chi connectivity index (χ1v) is 9.75. The Labute approximate surface area is 173 Å². The summed E-state index contributed by atoms with van der Waals surface area (Å²) < 4.78 is 13.0. The average Bonchev–Trinajstić information content (AvgIpc) is 2.77. The molecule has 1 fully saturated rings. The highest BCUT2D eigenvalue weighted by Crippen LogP contribution is 2.23. The minimum Gasteiger partial charge on any atom is -0.378 e. The lowest BCUT2D eigenvalue weighted by molar-refractivity contribution is -0.384. The number of nitrogens with zero attached hydrogens (tertiary/aromatic N) is 2. The quantitative estimate of drug-likeness (QED) is 0.412. The fourth-order valence-corrected chi connectivity index (χ4v) is 3.43. The van der Waals surface area contributed by atoms with Crippen molar-refractivity contribution in [1.82, 2.24) is 10.2 Å². The molecule has 2 N–H and O–H groups in total. The van der Waals surface area contributed by atoms with E-state index in [1.54, 1.807) is 23.1 Å². The monoisotopic (exact) mass is 414 g/mol. The van der Waals surface area contributed by atoms with Gasteiger partial charge in [-0.05, 0) is 43.2 Å². The molecule has 0 aliphatic carbocycles. The number of nitro benzene ring substituents is 1. The summed E-state index contributed by atoms with van der Waals surface area (Å²) in [4.78, 5) is 37.0. The third-order valence-electron chi connectivity index (χ3n) is 5.08. The topological polar surface area (TPSA) is 105 Å². The van der Waals surface area contributed by atoms with Gasteiger partial charge in [-0.25, -0.2) is 4.39 Å². The van der Waals surface area contributed by atoms with E-state index in [9.17, 15) is 24.1 Å². The Morgan fingerprint density at radius 1 is 1.07 bits per heavy atom. The number of amides is 2. The molecule has 9 heteroatoms. The number of carbonyl (C=O) groups is 2. The minimum absolute atomic E-state index is 0.0120. The first-order valence-electron chi connectivity index (χ1n) is 9.75. The second-order valence-electron chi connectivity index (χ2n) is 7.07. The second kappa shape index (κ2) is 9.82. The van der Waals surface area contributed by atoms with Crippen LogP contribution in [-0.2, 0) is 4.79 Å². The third kappa shape index (κ3) is 5.31. The normalized spacial score (nSPS) is 14.2. The highest BCUT2D eigenvalue weighted by molar-refractivity contribution is 5.94. The fourth-order valence-electron chi connectivity index (χ4n) is 3.43. The van der Waals surface area contributed by atoms with E-state index in [1.165, 1.54) is 30.3 Å². The lowest BCUT2D eigenvalue weighted by Crippen LogP contribution is -2.43. The van der Waals surface area contributed by atoms with E-state index in [0.29, 0.717) is 50.3 Å². The van der Waals surface area contributed by atoms with Gasteiger partial charge >= 0.3 is 0 Å². The fraction of sp³-hybridized carbons (Fsp3) is 0.333. The molecule has 0 atom stereocenters. The number of rotatable bonds is 7. The Bertz CT molecular complexity index is 911. The van der Waals surface area contributed by atoms with Crippen LogP contribution in [-0.4, -0.2) is 47.8 Å². The summed E-state index contributed by atoms with van der Waals surface area (Å²) in [6.07, 6.45) is 1.10. The molecule has 0 radical (unpaired) electrons. The molecule has 1 heterocycles. The molecule has 0 bridgehead atoms. The van der Waals surface area contributed by atoms with Gasteiger partial charge in [0.15, 0.2) is 0 Å². The predicted molar refractivity (Wildman–Crippen MR) is 110 cm³/mol. The van der Waals surface area contributed by atoms with Crippen LogP contribution in [0.25, 0.3) is 0 Å². The molecule has 0 spiro atoms. The van der Waals surface area contributed by atoms with Crippen molar-refractivity contribution in [2.24, 2.45) is 5.92 Å². The molecule has 2 aromatic rings. The van der Waals surface area contributed by atoms with Gasteiger partial charge in [-0.3, -0.25) is 19.7 Å². The van der Waals surface area contributed by atoms with E-state index in [2.05, 4.69) is 10.6 Å². The zero-order chi connectivity index (χ0) is 21.5. The van der Waals surface area contributed by atoms with Crippen LogP contribution in [0.4, 0.5) is 15.8 Å². The molecular formula is C21H23FN4O4. The van der Waals surface area contributed by atoms with Crippen LogP contribution in [0.15, 0.2) is 48.5 Å². The number of halogens is 1. The summed E-state index contributed by atoms with van der Waals surface area (Å²) in [7, 11) is 0. The van der Waals surface area contributed by atoms with Gasteiger partial charge in [0.05, 0.1) is 4.92 Å². The van der Waals surface area contributed by atoms with Gasteiger partial charge in [0.2, 0.25) is 5.91 Å². The minimum atomic E-state index is -0.456. The summed E-state index contributed by atoms with van der Waals surface area (Å²) in [5, 5.41) is 16.8. The molecular weight excluding hydrogens is 391 g/mol. The van der Waals surface area contributed by atoms with E-state index >= 15 is 0 Å². The third-order valence-corrected chi connectivity index (χ3v) is 5.08. The van der Waals surface area contributed by atoms with Crippen molar-refractivity contribution in [3.8, 4) is 0 Å². The Kier molecular flexibility index (Phi) is 6.95. The Morgan fingerprint density at radius 2 is 1.73 bits per heavy atom. The van der Waals surface area contributed by atoms with Crippen molar-refractivity contribution < 1.29 is 18.9 Å². The van der Waals surface area contributed by atoms with Crippen LogP contribution in [0.3, 0.4) is 0 Å². The number of hydrogen-bond donors (Lipinski definition) is 2. The van der Waals surface area contributed by atoms with Gasteiger partial charge in [-0.1, -0.05) is 12.1 Å². The second-order valence-corrected chi connectivity index (χ2v) is 7.07. The van der Waals surface area contributed by atoms with Crippen molar-refractivity contribution in [1.29, 1.82) is 0 Å². The van der Waals surface area contributed by atoms with Gasteiger partial charge in [0, 0.05) is 43.7 Å². The van der Waals surface area contributed by atoms with Crippen LogP contribution in [0.5, 0.6) is 0 Å². The highest BCUT2D eigenvalue weighted by Gasteiger charge is 2.27. The molecule has 8 nitrogen and oxygen atoms in total. The van der Waals surface area contributed by atoms with E-state index in [1.807, 2.05) is 0 Å². The maximum atomic E-state index is 13.0. The summed E-state index contributed by atoms with van der Waals surface area (Å²) in [5.74, 6) is -0.831. The van der Waals surface area contributed by atoms with Crippen molar-refractivity contribution in [3.63, 3.8) is 0 Å². The van der Waals surface area contributed by atoms with Crippen molar-refractivity contribution in [2.75, 3.05) is 31.5 Å². The van der Waals surface area contributed by atoms with Crippen LogP contribution < -0.4 is 10.6 Å². The van der Waals surface area contributed by atoms with E-state index in [4.69, 9.17) is 0 Å². The molecule has 0 unspecified atom stereocenters. The number of likely N-dealkylation sites (tertiary alicyclic amines) is 1. The number of nitro groups is 1. The first kappa shape index (κ1) is 21.2. The number of benzene rings is 2. The summed E-state index contributed by atoms with van der Waals surface area (Å²) in [5.41, 5.74) is 0.826. The molecule has 158 valence electrons. The first-order chi connectivity index (χ1) is 14.5. The number of nitrogens with one attached hydrogen (secondary N) is 2. The highest BCUT2D eigenvalue weighted by atomic mass is 19.1. The lowest BCUT2D eigenvalue weighted by atomic mass is 9.95. The summed E-state index contributed by atoms with van der Waals surface area (Å²) in [6.45, 7) is 1.61. The molecule has 2 aromatic carbocycles.